The lowest BCUT2D eigenvalue weighted by molar-refractivity contribution is -0.167. The highest BCUT2D eigenvalue weighted by Crippen LogP contribution is 2.18. The van der Waals surface area contributed by atoms with Crippen LogP contribution in [0.3, 0.4) is 0 Å². The second kappa shape index (κ2) is 44.9. The first-order valence-electron chi connectivity index (χ1n) is 25.8. The molecule has 0 rings (SSSR count). The zero-order chi connectivity index (χ0) is 42.6. The summed E-state index contributed by atoms with van der Waals surface area (Å²) in [5, 5.41) is 0. The van der Waals surface area contributed by atoms with Gasteiger partial charge in [0.05, 0.1) is 0 Å². The van der Waals surface area contributed by atoms with E-state index in [2.05, 4.69) is 34.6 Å². The van der Waals surface area contributed by atoms with Crippen molar-refractivity contribution in [2.75, 3.05) is 13.2 Å². The normalized spacial score (nSPS) is 12.5. The van der Waals surface area contributed by atoms with Gasteiger partial charge < -0.3 is 14.2 Å². The Kier molecular flexibility index (Phi) is 43.7. The molecule has 58 heavy (non-hydrogen) atoms. The Morgan fingerprint density at radius 3 is 0.983 bits per heavy atom. The number of hydrogen-bond donors (Lipinski definition) is 0. The molecule has 0 aliphatic rings. The summed E-state index contributed by atoms with van der Waals surface area (Å²) in [4.78, 5) is 37.9. The first-order valence-corrected chi connectivity index (χ1v) is 25.8. The van der Waals surface area contributed by atoms with E-state index in [4.69, 9.17) is 14.2 Å². The van der Waals surface area contributed by atoms with Gasteiger partial charge in [0.2, 0.25) is 0 Å². The third kappa shape index (κ3) is 44.0. The Bertz CT molecular complexity index is 887. The minimum Gasteiger partial charge on any atom is -0.462 e. The van der Waals surface area contributed by atoms with Crippen LogP contribution in [0, 0.1) is 11.8 Å². The van der Waals surface area contributed by atoms with Crippen molar-refractivity contribution in [2.45, 2.75) is 291 Å². The molecule has 0 aromatic carbocycles. The number of esters is 3. The topological polar surface area (TPSA) is 78.9 Å². The van der Waals surface area contributed by atoms with Gasteiger partial charge in [-0.15, -0.1) is 0 Å². The molecule has 0 heterocycles. The summed E-state index contributed by atoms with van der Waals surface area (Å²) in [6, 6.07) is 0. The standard InChI is InChI=1S/C52H100O6/c1-6-8-9-10-11-12-13-14-15-16-17-18-19-20-21-28-34-39-44-52(55)58-49(46-57-51(54)43-38-33-29-24-25-30-35-40-47(3)4)45-56-50(53)42-37-32-27-23-22-26-31-36-41-48(5)7-2/h47-49H,6-46H2,1-5H3/t48?,49-/m1/s1. The lowest BCUT2D eigenvalue weighted by Gasteiger charge is -2.18. The molecule has 6 nitrogen and oxygen atoms in total. The number of ether oxygens (including phenoxy) is 3. The highest BCUT2D eigenvalue weighted by molar-refractivity contribution is 5.71. The molecule has 0 aromatic heterocycles. The van der Waals surface area contributed by atoms with Crippen molar-refractivity contribution in [3.63, 3.8) is 0 Å². The molecule has 0 saturated heterocycles. The molecule has 0 fully saturated rings. The van der Waals surface area contributed by atoms with E-state index in [1.165, 1.54) is 173 Å². The highest BCUT2D eigenvalue weighted by Gasteiger charge is 2.19. The van der Waals surface area contributed by atoms with Gasteiger partial charge in [0, 0.05) is 19.3 Å². The predicted molar refractivity (Wildman–Crippen MR) is 247 cm³/mol. The van der Waals surface area contributed by atoms with E-state index in [1.54, 1.807) is 0 Å². The number of carbonyl (C=O) groups is 3. The maximum Gasteiger partial charge on any atom is 0.306 e. The van der Waals surface area contributed by atoms with Crippen molar-refractivity contribution in [3.8, 4) is 0 Å². The second-order valence-electron chi connectivity index (χ2n) is 18.5. The molecular weight excluding hydrogens is 721 g/mol. The van der Waals surface area contributed by atoms with E-state index < -0.39 is 6.10 Å². The van der Waals surface area contributed by atoms with Gasteiger partial charge in [-0.1, -0.05) is 247 Å². The molecule has 2 atom stereocenters. The van der Waals surface area contributed by atoms with Crippen LogP contribution in [0.1, 0.15) is 285 Å². The molecule has 0 amide bonds. The van der Waals surface area contributed by atoms with Crippen LogP contribution in [0.4, 0.5) is 0 Å². The maximum absolute atomic E-state index is 12.8. The van der Waals surface area contributed by atoms with Crippen molar-refractivity contribution in [3.05, 3.63) is 0 Å². The molecule has 6 heteroatoms. The van der Waals surface area contributed by atoms with Crippen LogP contribution < -0.4 is 0 Å². The smallest absolute Gasteiger partial charge is 0.306 e. The zero-order valence-corrected chi connectivity index (χ0v) is 39.7. The Morgan fingerprint density at radius 1 is 0.362 bits per heavy atom. The van der Waals surface area contributed by atoms with Crippen LogP contribution in [0.2, 0.25) is 0 Å². The van der Waals surface area contributed by atoms with Crippen molar-refractivity contribution in [1.82, 2.24) is 0 Å². The molecule has 0 saturated carbocycles. The van der Waals surface area contributed by atoms with Gasteiger partial charge in [0.15, 0.2) is 6.10 Å². The average Bonchev–Trinajstić information content (AvgIpc) is 3.21. The van der Waals surface area contributed by atoms with E-state index in [0.717, 1.165) is 69.6 Å². The van der Waals surface area contributed by atoms with Crippen molar-refractivity contribution < 1.29 is 28.6 Å². The molecule has 0 radical (unpaired) electrons. The van der Waals surface area contributed by atoms with Gasteiger partial charge in [0.1, 0.15) is 13.2 Å². The summed E-state index contributed by atoms with van der Waals surface area (Å²) in [7, 11) is 0. The van der Waals surface area contributed by atoms with Gasteiger partial charge in [-0.2, -0.15) is 0 Å². The molecule has 0 N–H and O–H groups in total. The maximum atomic E-state index is 12.8. The fourth-order valence-electron chi connectivity index (χ4n) is 7.78. The van der Waals surface area contributed by atoms with E-state index in [-0.39, 0.29) is 31.1 Å². The second-order valence-corrected chi connectivity index (χ2v) is 18.5. The first kappa shape index (κ1) is 56.4. The largest absolute Gasteiger partial charge is 0.462 e. The van der Waals surface area contributed by atoms with Crippen molar-refractivity contribution in [1.29, 1.82) is 0 Å². The van der Waals surface area contributed by atoms with E-state index in [9.17, 15) is 14.4 Å². The number of carbonyl (C=O) groups excluding carboxylic acids is 3. The summed E-state index contributed by atoms with van der Waals surface area (Å²) < 4.78 is 16.8. The van der Waals surface area contributed by atoms with Gasteiger partial charge in [-0.25, -0.2) is 0 Å². The minimum absolute atomic E-state index is 0.0650. The lowest BCUT2D eigenvalue weighted by Crippen LogP contribution is -2.30. The Morgan fingerprint density at radius 2 is 0.655 bits per heavy atom. The van der Waals surface area contributed by atoms with Crippen LogP contribution in [0.15, 0.2) is 0 Å². The van der Waals surface area contributed by atoms with Crippen molar-refractivity contribution in [2.24, 2.45) is 11.8 Å². The van der Waals surface area contributed by atoms with Crippen LogP contribution in [-0.4, -0.2) is 37.2 Å². The summed E-state index contributed by atoms with van der Waals surface area (Å²) in [6.45, 7) is 11.3. The summed E-state index contributed by atoms with van der Waals surface area (Å²) in [5.41, 5.74) is 0. The van der Waals surface area contributed by atoms with Crippen LogP contribution in [-0.2, 0) is 28.6 Å². The molecule has 0 spiro atoms. The molecule has 0 aliphatic carbocycles. The fourth-order valence-corrected chi connectivity index (χ4v) is 7.78. The Balaban J connectivity index is 4.28. The molecule has 0 aliphatic heterocycles. The van der Waals surface area contributed by atoms with Gasteiger partial charge >= 0.3 is 17.9 Å². The zero-order valence-electron chi connectivity index (χ0n) is 39.7. The van der Waals surface area contributed by atoms with E-state index in [1.807, 2.05) is 0 Å². The first-order chi connectivity index (χ1) is 28.3. The SMILES string of the molecule is CCCCCCCCCCCCCCCCCCCCC(=O)O[C@H](COC(=O)CCCCCCCCCCC(C)CC)COC(=O)CCCCCCCCCC(C)C. The minimum atomic E-state index is -0.762. The van der Waals surface area contributed by atoms with Crippen molar-refractivity contribution >= 4 is 17.9 Å². The van der Waals surface area contributed by atoms with Crippen LogP contribution in [0.5, 0.6) is 0 Å². The monoisotopic (exact) mass is 821 g/mol. The third-order valence-corrected chi connectivity index (χ3v) is 12.1. The number of rotatable bonds is 46. The highest BCUT2D eigenvalue weighted by atomic mass is 16.6. The average molecular weight is 821 g/mol. The molecule has 1 unspecified atom stereocenters. The lowest BCUT2D eigenvalue weighted by atomic mass is 9.99. The van der Waals surface area contributed by atoms with E-state index in [0.29, 0.717) is 19.3 Å². The molecule has 344 valence electrons. The van der Waals surface area contributed by atoms with Crippen LogP contribution >= 0.6 is 0 Å². The van der Waals surface area contributed by atoms with Gasteiger partial charge in [-0.05, 0) is 31.1 Å². The molecule has 0 aromatic rings. The Hall–Kier alpha value is -1.59. The number of unbranched alkanes of at least 4 members (excludes halogenated alkanes) is 30. The number of hydrogen-bond acceptors (Lipinski definition) is 6. The fraction of sp³-hybridized carbons (Fsp3) is 0.942. The Labute approximate surface area is 361 Å². The quantitative estimate of drug-likeness (QED) is 0.0346. The third-order valence-electron chi connectivity index (χ3n) is 12.1. The van der Waals surface area contributed by atoms with Gasteiger partial charge in [0.25, 0.3) is 0 Å². The summed E-state index contributed by atoms with van der Waals surface area (Å²) in [6.07, 6.45) is 45.2. The predicted octanol–water partition coefficient (Wildman–Crippen LogP) is 16.5. The van der Waals surface area contributed by atoms with E-state index >= 15 is 0 Å². The van der Waals surface area contributed by atoms with Crippen LogP contribution in [0.25, 0.3) is 0 Å². The van der Waals surface area contributed by atoms with Gasteiger partial charge in [-0.3, -0.25) is 14.4 Å². The molecular formula is C52H100O6. The summed E-state index contributed by atoms with van der Waals surface area (Å²) >= 11 is 0. The summed E-state index contributed by atoms with van der Waals surface area (Å²) in [5.74, 6) is 0.776. The molecule has 0 bridgehead atoms.